The van der Waals surface area contributed by atoms with Crippen molar-refractivity contribution in [3.8, 4) is 0 Å². The van der Waals surface area contributed by atoms with Crippen LogP contribution in [0.2, 0.25) is 0 Å². The van der Waals surface area contributed by atoms with Crippen molar-refractivity contribution in [2.24, 2.45) is 0 Å². The van der Waals surface area contributed by atoms with Gasteiger partial charge in [-0.15, -0.1) is 0 Å². The molecule has 0 radical (unpaired) electrons. The summed E-state index contributed by atoms with van der Waals surface area (Å²) in [6, 6.07) is 14.5. The SMILES string of the molecule is C[C@H](NC(=O)[C@@H]1CCCN1C(=O)c1ccc(F)cc1)c1ccccc1. The van der Waals surface area contributed by atoms with Crippen LogP contribution in [0.25, 0.3) is 0 Å². The Kier molecular flexibility index (Phi) is 5.12. The monoisotopic (exact) mass is 340 g/mol. The van der Waals surface area contributed by atoms with E-state index in [1.807, 2.05) is 37.3 Å². The first-order chi connectivity index (χ1) is 12.1. The molecule has 3 rings (SSSR count). The van der Waals surface area contributed by atoms with Gasteiger partial charge >= 0.3 is 0 Å². The molecule has 2 atom stereocenters. The molecular formula is C20H21FN2O2. The van der Waals surface area contributed by atoms with Crippen LogP contribution in [0.5, 0.6) is 0 Å². The molecule has 0 aliphatic carbocycles. The predicted octanol–water partition coefficient (Wildman–Crippen LogP) is 3.31. The van der Waals surface area contributed by atoms with Crippen molar-refractivity contribution >= 4 is 11.8 Å². The molecule has 1 aliphatic heterocycles. The summed E-state index contributed by atoms with van der Waals surface area (Å²) in [4.78, 5) is 26.9. The number of carbonyl (C=O) groups is 2. The first kappa shape index (κ1) is 17.1. The Labute approximate surface area is 146 Å². The minimum absolute atomic E-state index is 0.128. The number of likely N-dealkylation sites (tertiary alicyclic amines) is 1. The zero-order valence-electron chi connectivity index (χ0n) is 14.1. The molecule has 2 aromatic rings. The number of benzene rings is 2. The van der Waals surface area contributed by atoms with E-state index in [0.717, 1.165) is 12.0 Å². The summed E-state index contributed by atoms with van der Waals surface area (Å²) < 4.78 is 13.0. The van der Waals surface area contributed by atoms with E-state index in [0.29, 0.717) is 18.5 Å². The summed E-state index contributed by atoms with van der Waals surface area (Å²) in [5, 5.41) is 2.99. The van der Waals surface area contributed by atoms with Crippen molar-refractivity contribution in [2.45, 2.75) is 31.8 Å². The molecule has 1 fully saturated rings. The van der Waals surface area contributed by atoms with Gasteiger partial charge in [0.15, 0.2) is 0 Å². The Hall–Kier alpha value is -2.69. The molecule has 2 amide bonds. The van der Waals surface area contributed by atoms with E-state index in [4.69, 9.17) is 0 Å². The van der Waals surface area contributed by atoms with Crippen LogP contribution in [-0.4, -0.2) is 29.3 Å². The number of hydrogen-bond acceptors (Lipinski definition) is 2. The highest BCUT2D eigenvalue weighted by Gasteiger charge is 2.35. The quantitative estimate of drug-likeness (QED) is 0.928. The van der Waals surface area contributed by atoms with Crippen LogP contribution in [0.1, 0.15) is 41.7 Å². The molecule has 130 valence electrons. The van der Waals surface area contributed by atoms with E-state index in [2.05, 4.69) is 5.32 Å². The summed E-state index contributed by atoms with van der Waals surface area (Å²) in [6.45, 7) is 2.46. The first-order valence-corrected chi connectivity index (χ1v) is 8.48. The minimum atomic E-state index is -0.483. The van der Waals surface area contributed by atoms with Gasteiger partial charge in [-0.25, -0.2) is 4.39 Å². The van der Waals surface area contributed by atoms with E-state index in [9.17, 15) is 14.0 Å². The van der Waals surface area contributed by atoms with Gasteiger partial charge in [0.2, 0.25) is 5.91 Å². The van der Waals surface area contributed by atoms with Crippen LogP contribution >= 0.6 is 0 Å². The van der Waals surface area contributed by atoms with Crippen LogP contribution in [0, 0.1) is 5.82 Å². The van der Waals surface area contributed by atoms with Gasteiger partial charge in [0.1, 0.15) is 11.9 Å². The molecule has 1 heterocycles. The molecule has 1 N–H and O–H groups in total. The number of halogens is 1. The van der Waals surface area contributed by atoms with Crippen LogP contribution in [0.15, 0.2) is 54.6 Å². The average Bonchev–Trinajstić information content (AvgIpc) is 3.12. The van der Waals surface area contributed by atoms with Crippen molar-refractivity contribution in [1.29, 1.82) is 0 Å². The molecule has 0 aromatic heterocycles. The van der Waals surface area contributed by atoms with E-state index < -0.39 is 6.04 Å². The first-order valence-electron chi connectivity index (χ1n) is 8.48. The lowest BCUT2D eigenvalue weighted by Crippen LogP contribution is -2.46. The number of hydrogen-bond donors (Lipinski definition) is 1. The maximum Gasteiger partial charge on any atom is 0.254 e. The van der Waals surface area contributed by atoms with Crippen molar-refractivity contribution in [3.63, 3.8) is 0 Å². The van der Waals surface area contributed by atoms with Crippen LogP contribution in [0.3, 0.4) is 0 Å². The lowest BCUT2D eigenvalue weighted by molar-refractivity contribution is -0.125. The van der Waals surface area contributed by atoms with E-state index >= 15 is 0 Å². The molecule has 5 heteroatoms. The van der Waals surface area contributed by atoms with Gasteiger partial charge in [-0.2, -0.15) is 0 Å². The molecule has 0 saturated carbocycles. The summed E-state index contributed by atoms with van der Waals surface area (Å²) >= 11 is 0. The highest BCUT2D eigenvalue weighted by molar-refractivity contribution is 5.98. The molecule has 2 aromatic carbocycles. The fraction of sp³-hybridized carbons (Fsp3) is 0.300. The Balaban J connectivity index is 1.69. The van der Waals surface area contributed by atoms with Crippen LogP contribution < -0.4 is 5.32 Å². The summed E-state index contributed by atoms with van der Waals surface area (Å²) in [7, 11) is 0. The van der Waals surface area contributed by atoms with Gasteiger partial charge in [0.05, 0.1) is 6.04 Å². The van der Waals surface area contributed by atoms with Crippen molar-refractivity contribution in [2.75, 3.05) is 6.54 Å². The largest absolute Gasteiger partial charge is 0.348 e. The third-order valence-electron chi connectivity index (χ3n) is 4.57. The summed E-state index contributed by atoms with van der Waals surface area (Å²) in [6.07, 6.45) is 1.42. The van der Waals surface area contributed by atoms with E-state index in [-0.39, 0.29) is 23.7 Å². The fourth-order valence-electron chi connectivity index (χ4n) is 3.18. The van der Waals surface area contributed by atoms with Crippen LogP contribution in [0.4, 0.5) is 4.39 Å². The normalized spacial score (nSPS) is 18.0. The van der Waals surface area contributed by atoms with Gasteiger partial charge in [0.25, 0.3) is 5.91 Å². The number of amides is 2. The number of carbonyl (C=O) groups excluding carboxylic acids is 2. The maximum absolute atomic E-state index is 13.0. The Morgan fingerprint density at radius 2 is 1.80 bits per heavy atom. The van der Waals surface area contributed by atoms with E-state index in [1.165, 1.54) is 24.3 Å². The highest BCUT2D eigenvalue weighted by Crippen LogP contribution is 2.22. The molecule has 1 saturated heterocycles. The molecule has 0 bridgehead atoms. The molecule has 1 aliphatic rings. The predicted molar refractivity (Wildman–Crippen MR) is 93.5 cm³/mol. The second kappa shape index (κ2) is 7.47. The van der Waals surface area contributed by atoms with Gasteiger partial charge in [-0.1, -0.05) is 30.3 Å². The Bertz CT molecular complexity index is 746. The van der Waals surface area contributed by atoms with Gasteiger partial charge < -0.3 is 10.2 Å². The molecule has 25 heavy (non-hydrogen) atoms. The smallest absolute Gasteiger partial charge is 0.254 e. The third-order valence-corrected chi connectivity index (χ3v) is 4.57. The molecule has 4 nitrogen and oxygen atoms in total. The summed E-state index contributed by atoms with van der Waals surface area (Å²) in [5.74, 6) is -0.765. The lowest BCUT2D eigenvalue weighted by Gasteiger charge is -2.25. The number of rotatable bonds is 4. The Morgan fingerprint density at radius 3 is 2.48 bits per heavy atom. The standard InChI is InChI=1S/C20H21FN2O2/c1-14(15-6-3-2-4-7-15)22-19(24)18-8-5-13-23(18)20(25)16-9-11-17(21)12-10-16/h2-4,6-7,9-12,14,18H,5,8,13H2,1H3,(H,22,24)/t14-,18-/m0/s1. The number of nitrogens with one attached hydrogen (secondary N) is 1. The molecule has 0 unspecified atom stereocenters. The second-order valence-electron chi connectivity index (χ2n) is 6.30. The van der Waals surface area contributed by atoms with Gasteiger partial charge in [-0.05, 0) is 49.6 Å². The maximum atomic E-state index is 13.0. The van der Waals surface area contributed by atoms with Gasteiger partial charge in [-0.3, -0.25) is 9.59 Å². The third kappa shape index (κ3) is 3.87. The average molecular weight is 340 g/mol. The fourth-order valence-corrected chi connectivity index (χ4v) is 3.18. The van der Waals surface area contributed by atoms with Crippen molar-refractivity contribution < 1.29 is 14.0 Å². The van der Waals surface area contributed by atoms with Crippen molar-refractivity contribution in [1.82, 2.24) is 10.2 Å². The zero-order chi connectivity index (χ0) is 17.8. The zero-order valence-corrected chi connectivity index (χ0v) is 14.1. The molecular weight excluding hydrogens is 319 g/mol. The van der Waals surface area contributed by atoms with E-state index in [1.54, 1.807) is 4.90 Å². The Morgan fingerprint density at radius 1 is 1.12 bits per heavy atom. The van der Waals surface area contributed by atoms with Crippen molar-refractivity contribution in [3.05, 3.63) is 71.5 Å². The van der Waals surface area contributed by atoms with Gasteiger partial charge in [0, 0.05) is 12.1 Å². The highest BCUT2D eigenvalue weighted by atomic mass is 19.1. The second-order valence-corrected chi connectivity index (χ2v) is 6.30. The van der Waals surface area contributed by atoms with Crippen LogP contribution in [-0.2, 0) is 4.79 Å². The number of nitrogens with zero attached hydrogens (tertiary/aromatic N) is 1. The minimum Gasteiger partial charge on any atom is -0.348 e. The molecule has 0 spiro atoms. The lowest BCUT2D eigenvalue weighted by atomic mass is 10.1. The summed E-state index contributed by atoms with van der Waals surface area (Å²) in [5.41, 5.74) is 1.42. The topological polar surface area (TPSA) is 49.4 Å².